The van der Waals surface area contributed by atoms with Crippen molar-refractivity contribution in [3.05, 3.63) is 66.0 Å². The maximum absolute atomic E-state index is 12.9. The van der Waals surface area contributed by atoms with Crippen molar-refractivity contribution in [1.29, 1.82) is 0 Å². The maximum atomic E-state index is 12.9. The van der Waals surface area contributed by atoms with Gasteiger partial charge in [0.15, 0.2) is 0 Å². The molecule has 26 heavy (non-hydrogen) atoms. The molecule has 1 amide bonds. The highest BCUT2D eigenvalue weighted by Gasteiger charge is 2.20. The van der Waals surface area contributed by atoms with Crippen molar-refractivity contribution >= 4 is 15.9 Å². The van der Waals surface area contributed by atoms with Crippen molar-refractivity contribution in [2.75, 3.05) is 13.6 Å². The van der Waals surface area contributed by atoms with E-state index in [9.17, 15) is 17.6 Å². The number of hydrogen-bond acceptors (Lipinski definition) is 3. The van der Waals surface area contributed by atoms with Gasteiger partial charge in [-0.05, 0) is 43.2 Å². The Kier molecular flexibility index (Phi) is 6.88. The number of nitrogens with one attached hydrogen (secondary N) is 1. The summed E-state index contributed by atoms with van der Waals surface area (Å²) in [7, 11) is -2.24. The molecule has 0 saturated carbocycles. The van der Waals surface area contributed by atoms with Gasteiger partial charge in [-0.15, -0.1) is 0 Å². The Bertz CT molecular complexity index is 824. The molecular formula is C19H23FN2O3S. The largest absolute Gasteiger partial charge is 0.350 e. The van der Waals surface area contributed by atoms with Crippen molar-refractivity contribution in [3.63, 3.8) is 0 Å². The molecule has 0 fully saturated rings. The minimum Gasteiger partial charge on any atom is -0.350 e. The van der Waals surface area contributed by atoms with Crippen LogP contribution in [0.25, 0.3) is 0 Å². The Hall–Kier alpha value is -2.25. The minimum absolute atomic E-state index is 0.0311. The highest BCUT2D eigenvalue weighted by Crippen LogP contribution is 2.16. The molecule has 0 aliphatic heterocycles. The Morgan fingerprint density at radius 2 is 1.73 bits per heavy atom. The second-order valence-corrected chi connectivity index (χ2v) is 8.13. The summed E-state index contributed by atoms with van der Waals surface area (Å²) in [6.07, 6.45) is 0.616. The van der Waals surface area contributed by atoms with Gasteiger partial charge in [0.05, 0.1) is 10.9 Å². The Morgan fingerprint density at radius 3 is 2.35 bits per heavy atom. The number of rotatable bonds is 8. The smallest absolute Gasteiger partial charge is 0.242 e. The summed E-state index contributed by atoms with van der Waals surface area (Å²) >= 11 is 0. The van der Waals surface area contributed by atoms with Gasteiger partial charge in [0.25, 0.3) is 0 Å². The highest BCUT2D eigenvalue weighted by atomic mass is 32.2. The van der Waals surface area contributed by atoms with Crippen molar-refractivity contribution in [2.45, 2.75) is 30.7 Å². The van der Waals surface area contributed by atoms with Crippen LogP contribution in [-0.4, -0.2) is 32.2 Å². The summed E-state index contributed by atoms with van der Waals surface area (Å²) < 4.78 is 38.9. The summed E-state index contributed by atoms with van der Waals surface area (Å²) in [4.78, 5) is 12.1. The van der Waals surface area contributed by atoms with Crippen LogP contribution in [0, 0.1) is 5.82 Å². The van der Waals surface area contributed by atoms with E-state index in [4.69, 9.17) is 0 Å². The van der Waals surface area contributed by atoms with E-state index in [1.54, 1.807) is 0 Å². The average molecular weight is 378 g/mol. The van der Waals surface area contributed by atoms with Gasteiger partial charge in [0.2, 0.25) is 15.9 Å². The van der Waals surface area contributed by atoms with E-state index >= 15 is 0 Å². The number of benzene rings is 2. The minimum atomic E-state index is -3.68. The second kappa shape index (κ2) is 8.91. The number of halogens is 1. The molecule has 0 aliphatic rings. The molecule has 7 heteroatoms. The van der Waals surface area contributed by atoms with E-state index in [0.29, 0.717) is 6.42 Å². The number of carbonyl (C=O) groups excluding carboxylic acids is 1. The van der Waals surface area contributed by atoms with E-state index in [1.807, 2.05) is 37.3 Å². The Labute approximate surface area is 153 Å². The molecule has 2 rings (SSSR count). The van der Waals surface area contributed by atoms with E-state index in [1.165, 1.54) is 23.5 Å². The van der Waals surface area contributed by atoms with Crippen LogP contribution in [-0.2, 0) is 14.8 Å². The first-order valence-corrected chi connectivity index (χ1v) is 9.81. The molecule has 1 atom stereocenters. The van der Waals surface area contributed by atoms with Gasteiger partial charge in [-0.3, -0.25) is 4.79 Å². The van der Waals surface area contributed by atoms with E-state index in [-0.39, 0.29) is 29.8 Å². The van der Waals surface area contributed by atoms with Crippen LogP contribution in [0.15, 0.2) is 59.5 Å². The molecule has 0 spiro atoms. The second-order valence-electron chi connectivity index (χ2n) is 6.08. The Balaban J connectivity index is 1.83. The fraction of sp³-hybridized carbons (Fsp3) is 0.316. The van der Waals surface area contributed by atoms with Crippen LogP contribution in [0.4, 0.5) is 4.39 Å². The van der Waals surface area contributed by atoms with Gasteiger partial charge in [-0.2, -0.15) is 0 Å². The first kappa shape index (κ1) is 20.1. The normalized spacial score (nSPS) is 12.8. The van der Waals surface area contributed by atoms with E-state index in [2.05, 4.69) is 5.32 Å². The lowest BCUT2D eigenvalue weighted by Gasteiger charge is -2.18. The number of hydrogen-bond donors (Lipinski definition) is 1. The molecule has 5 nitrogen and oxygen atoms in total. The molecule has 0 bridgehead atoms. The molecule has 1 unspecified atom stereocenters. The number of nitrogens with zero attached hydrogens (tertiary/aromatic N) is 1. The molecule has 0 radical (unpaired) electrons. The lowest BCUT2D eigenvalue weighted by Crippen LogP contribution is -2.30. The first-order valence-electron chi connectivity index (χ1n) is 8.37. The van der Waals surface area contributed by atoms with Crippen LogP contribution >= 0.6 is 0 Å². The summed E-state index contributed by atoms with van der Waals surface area (Å²) in [5.74, 6) is -0.621. The zero-order chi connectivity index (χ0) is 19.2. The van der Waals surface area contributed by atoms with Crippen molar-refractivity contribution in [2.24, 2.45) is 0 Å². The third-order valence-electron chi connectivity index (χ3n) is 4.08. The average Bonchev–Trinajstić information content (AvgIpc) is 2.62. The highest BCUT2D eigenvalue weighted by molar-refractivity contribution is 7.89. The third kappa shape index (κ3) is 5.37. The zero-order valence-corrected chi connectivity index (χ0v) is 15.7. The zero-order valence-electron chi connectivity index (χ0n) is 14.9. The third-order valence-corrected chi connectivity index (χ3v) is 5.95. The number of sulfonamides is 1. The first-order chi connectivity index (χ1) is 12.3. The van der Waals surface area contributed by atoms with Gasteiger partial charge >= 0.3 is 0 Å². The maximum Gasteiger partial charge on any atom is 0.242 e. The fourth-order valence-electron chi connectivity index (χ4n) is 2.51. The van der Waals surface area contributed by atoms with Gasteiger partial charge in [0.1, 0.15) is 5.82 Å². The SMILES string of the molecule is CC(NC(=O)CCCN(C)S(=O)(=O)c1ccc(F)cc1)c1ccccc1. The molecule has 1 N–H and O–H groups in total. The number of amides is 1. The van der Waals surface area contributed by atoms with Crippen LogP contribution in [0.3, 0.4) is 0 Å². The Morgan fingerprint density at radius 1 is 1.12 bits per heavy atom. The van der Waals surface area contributed by atoms with Crippen LogP contribution in [0.1, 0.15) is 31.4 Å². The van der Waals surface area contributed by atoms with Gasteiger partial charge < -0.3 is 5.32 Å². The van der Waals surface area contributed by atoms with E-state index < -0.39 is 15.8 Å². The predicted molar refractivity (Wildman–Crippen MR) is 98.4 cm³/mol. The molecule has 140 valence electrons. The summed E-state index contributed by atoms with van der Waals surface area (Å²) in [5.41, 5.74) is 1.01. The standard InChI is InChI=1S/C19H23FN2O3S/c1-15(16-7-4-3-5-8-16)21-19(23)9-6-14-22(2)26(24,25)18-12-10-17(20)11-13-18/h3-5,7-8,10-13,15H,6,9,14H2,1-2H3,(H,21,23). The van der Waals surface area contributed by atoms with E-state index in [0.717, 1.165) is 17.7 Å². The fourth-order valence-corrected chi connectivity index (χ4v) is 3.72. The van der Waals surface area contributed by atoms with Gasteiger partial charge in [-0.25, -0.2) is 17.1 Å². The topological polar surface area (TPSA) is 66.5 Å². The van der Waals surface area contributed by atoms with Crippen LogP contribution in [0.2, 0.25) is 0 Å². The van der Waals surface area contributed by atoms with Crippen molar-refractivity contribution in [1.82, 2.24) is 9.62 Å². The molecule has 0 saturated heterocycles. The molecule has 0 aromatic heterocycles. The van der Waals surface area contributed by atoms with Crippen molar-refractivity contribution in [3.8, 4) is 0 Å². The monoisotopic (exact) mass is 378 g/mol. The summed E-state index contributed by atoms with van der Waals surface area (Å²) in [6, 6.07) is 14.2. The lowest BCUT2D eigenvalue weighted by molar-refractivity contribution is -0.121. The molecule has 2 aromatic rings. The van der Waals surface area contributed by atoms with Gasteiger partial charge in [-0.1, -0.05) is 30.3 Å². The molecule has 0 heterocycles. The number of carbonyl (C=O) groups is 1. The predicted octanol–water partition coefficient (Wildman–Crippen LogP) is 3.10. The summed E-state index contributed by atoms with van der Waals surface area (Å²) in [5, 5.41) is 2.90. The quantitative estimate of drug-likeness (QED) is 0.768. The van der Waals surface area contributed by atoms with Crippen LogP contribution < -0.4 is 5.32 Å². The molecular weight excluding hydrogens is 355 g/mol. The lowest BCUT2D eigenvalue weighted by atomic mass is 10.1. The van der Waals surface area contributed by atoms with Crippen molar-refractivity contribution < 1.29 is 17.6 Å². The van der Waals surface area contributed by atoms with Crippen LogP contribution in [0.5, 0.6) is 0 Å². The molecule has 2 aromatic carbocycles. The molecule has 0 aliphatic carbocycles. The van der Waals surface area contributed by atoms with Gasteiger partial charge in [0, 0.05) is 20.0 Å². The summed E-state index contributed by atoms with van der Waals surface area (Å²) in [6.45, 7) is 2.10.